The van der Waals surface area contributed by atoms with Crippen molar-refractivity contribution in [1.82, 2.24) is 5.32 Å². The van der Waals surface area contributed by atoms with Crippen LogP contribution in [-0.4, -0.2) is 23.7 Å². The first-order valence-electron chi connectivity index (χ1n) is 7.14. The molecular formula is C16H22ClNO2. The lowest BCUT2D eigenvalue weighted by molar-refractivity contribution is -0.123. The van der Waals surface area contributed by atoms with Crippen LogP contribution in [0.25, 0.3) is 0 Å². The summed E-state index contributed by atoms with van der Waals surface area (Å²) in [7, 11) is 0. The second kappa shape index (κ2) is 6.15. The molecule has 1 saturated carbocycles. The highest BCUT2D eigenvalue weighted by Gasteiger charge is 2.45. The molecule has 20 heavy (non-hydrogen) atoms. The minimum atomic E-state index is -0.578. The SMILES string of the molecule is CC(C)C(O)CC(=O)NCC1(c2ccccc2Cl)CC1. The zero-order chi connectivity index (χ0) is 14.8. The van der Waals surface area contributed by atoms with Crippen molar-refractivity contribution >= 4 is 17.5 Å². The van der Waals surface area contributed by atoms with E-state index in [0.717, 1.165) is 23.4 Å². The third-order valence-corrected chi connectivity index (χ3v) is 4.42. The van der Waals surface area contributed by atoms with Gasteiger partial charge in [-0.25, -0.2) is 0 Å². The molecule has 110 valence electrons. The third-order valence-electron chi connectivity index (χ3n) is 4.09. The number of amides is 1. The molecule has 0 bridgehead atoms. The molecule has 4 heteroatoms. The Labute approximate surface area is 125 Å². The van der Waals surface area contributed by atoms with Crippen LogP contribution in [0, 0.1) is 5.92 Å². The summed E-state index contributed by atoms with van der Waals surface area (Å²) >= 11 is 6.24. The fourth-order valence-electron chi connectivity index (χ4n) is 2.35. The van der Waals surface area contributed by atoms with Crippen molar-refractivity contribution in [1.29, 1.82) is 0 Å². The molecular weight excluding hydrogens is 274 g/mol. The molecule has 1 amide bonds. The van der Waals surface area contributed by atoms with Gasteiger partial charge in [0.1, 0.15) is 0 Å². The van der Waals surface area contributed by atoms with Crippen molar-refractivity contribution < 1.29 is 9.90 Å². The van der Waals surface area contributed by atoms with E-state index in [9.17, 15) is 9.90 Å². The molecule has 0 aromatic heterocycles. The van der Waals surface area contributed by atoms with Gasteiger partial charge in [-0.15, -0.1) is 0 Å². The summed E-state index contributed by atoms with van der Waals surface area (Å²) in [5.74, 6) is 0.00346. The summed E-state index contributed by atoms with van der Waals surface area (Å²) in [5, 5.41) is 13.4. The number of carbonyl (C=O) groups is 1. The van der Waals surface area contributed by atoms with Crippen molar-refractivity contribution in [2.75, 3.05) is 6.54 Å². The second-order valence-corrected chi connectivity index (χ2v) is 6.46. The van der Waals surface area contributed by atoms with Gasteiger partial charge in [0.25, 0.3) is 0 Å². The van der Waals surface area contributed by atoms with Gasteiger partial charge in [-0.1, -0.05) is 43.6 Å². The molecule has 3 nitrogen and oxygen atoms in total. The monoisotopic (exact) mass is 295 g/mol. The van der Waals surface area contributed by atoms with Crippen molar-refractivity contribution in [2.45, 2.75) is 44.6 Å². The zero-order valence-corrected chi connectivity index (χ0v) is 12.8. The van der Waals surface area contributed by atoms with Gasteiger partial charge < -0.3 is 10.4 Å². The number of benzene rings is 1. The Morgan fingerprint density at radius 1 is 1.40 bits per heavy atom. The summed E-state index contributed by atoms with van der Waals surface area (Å²) in [4.78, 5) is 11.8. The summed E-state index contributed by atoms with van der Waals surface area (Å²) in [5.41, 5.74) is 1.11. The molecule has 1 aromatic carbocycles. The van der Waals surface area contributed by atoms with Gasteiger partial charge >= 0.3 is 0 Å². The molecule has 2 rings (SSSR count). The lowest BCUT2D eigenvalue weighted by Crippen LogP contribution is -2.35. The highest BCUT2D eigenvalue weighted by molar-refractivity contribution is 6.31. The van der Waals surface area contributed by atoms with Gasteiger partial charge in [0, 0.05) is 17.0 Å². The van der Waals surface area contributed by atoms with Crippen LogP contribution in [0.1, 0.15) is 38.7 Å². The van der Waals surface area contributed by atoms with Crippen LogP contribution >= 0.6 is 11.6 Å². The smallest absolute Gasteiger partial charge is 0.222 e. The van der Waals surface area contributed by atoms with Gasteiger partial charge in [-0.3, -0.25) is 4.79 Å². The first-order valence-corrected chi connectivity index (χ1v) is 7.52. The van der Waals surface area contributed by atoms with Crippen molar-refractivity contribution in [3.05, 3.63) is 34.9 Å². The predicted octanol–water partition coefficient (Wildman–Crippen LogP) is 2.89. The molecule has 1 aliphatic rings. The molecule has 1 fully saturated rings. The van der Waals surface area contributed by atoms with Crippen molar-refractivity contribution in [3.8, 4) is 0 Å². The second-order valence-electron chi connectivity index (χ2n) is 6.05. The minimum absolute atomic E-state index is 0.00319. The molecule has 1 aromatic rings. The van der Waals surface area contributed by atoms with Crippen LogP contribution in [0.2, 0.25) is 5.02 Å². The maximum absolute atomic E-state index is 11.8. The van der Waals surface area contributed by atoms with Gasteiger partial charge in [0.15, 0.2) is 0 Å². The molecule has 1 aliphatic carbocycles. The fourth-order valence-corrected chi connectivity index (χ4v) is 2.69. The number of halogens is 1. The van der Waals surface area contributed by atoms with Crippen LogP contribution in [0.15, 0.2) is 24.3 Å². The van der Waals surface area contributed by atoms with E-state index >= 15 is 0 Å². The number of rotatable bonds is 6. The fraction of sp³-hybridized carbons (Fsp3) is 0.562. The van der Waals surface area contributed by atoms with Gasteiger partial charge in [-0.05, 0) is 30.4 Å². The van der Waals surface area contributed by atoms with Crippen LogP contribution < -0.4 is 5.32 Å². The van der Waals surface area contributed by atoms with E-state index in [1.54, 1.807) is 0 Å². The van der Waals surface area contributed by atoms with Crippen LogP contribution in [-0.2, 0) is 10.2 Å². The maximum atomic E-state index is 11.8. The number of hydrogen-bond acceptors (Lipinski definition) is 2. The molecule has 0 saturated heterocycles. The predicted molar refractivity (Wildman–Crippen MR) is 80.8 cm³/mol. The topological polar surface area (TPSA) is 49.3 Å². The Morgan fingerprint density at radius 2 is 2.05 bits per heavy atom. The van der Waals surface area contributed by atoms with Crippen molar-refractivity contribution in [2.24, 2.45) is 5.92 Å². The largest absolute Gasteiger partial charge is 0.392 e. The minimum Gasteiger partial charge on any atom is -0.392 e. The van der Waals surface area contributed by atoms with Crippen LogP contribution in [0.5, 0.6) is 0 Å². The number of nitrogens with one attached hydrogen (secondary N) is 1. The van der Waals surface area contributed by atoms with Crippen LogP contribution in [0.4, 0.5) is 0 Å². The average molecular weight is 296 g/mol. The highest BCUT2D eigenvalue weighted by atomic mass is 35.5. The average Bonchev–Trinajstić information content (AvgIpc) is 3.18. The Hall–Kier alpha value is -1.06. The van der Waals surface area contributed by atoms with Crippen LogP contribution in [0.3, 0.4) is 0 Å². The molecule has 1 atom stereocenters. The molecule has 0 radical (unpaired) electrons. The van der Waals surface area contributed by atoms with E-state index in [1.807, 2.05) is 38.1 Å². The maximum Gasteiger partial charge on any atom is 0.222 e. The highest BCUT2D eigenvalue weighted by Crippen LogP contribution is 2.49. The van der Waals surface area contributed by atoms with E-state index < -0.39 is 6.10 Å². The van der Waals surface area contributed by atoms with E-state index in [2.05, 4.69) is 5.32 Å². The number of carbonyl (C=O) groups excluding carboxylic acids is 1. The van der Waals surface area contributed by atoms with Crippen molar-refractivity contribution in [3.63, 3.8) is 0 Å². The molecule has 1 unspecified atom stereocenters. The molecule has 0 aliphatic heterocycles. The van der Waals surface area contributed by atoms with Gasteiger partial charge in [-0.2, -0.15) is 0 Å². The molecule has 0 heterocycles. The molecule has 2 N–H and O–H groups in total. The Balaban J connectivity index is 1.91. The first-order chi connectivity index (χ1) is 9.44. The van der Waals surface area contributed by atoms with Gasteiger partial charge in [0.05, 0.1) is 12.5 Å². The standard InChI is InChI=1S/C16H22ClNO2/c1-11(2)14(19)9-15(20)18-10-16(7-8-16)12-5-3-4-6-13(12)17/h3-6,11,14,19H,7-10H2,1-2H3,(H,18,20). The quantitative estimate of drug-likeness (QED) is 0.848. The zero-order valence-electron chi connectivity index (χ0n) is 12.0. The van der Waals surface area contributed by atoms with E-state index in [4.69, 9.17) is 11.6 Å². The lowest BCUT2D eigenvalue weighted by Gasteiger charge is -2.19. The third kappa shape index (κ3) is 3.53. The first kappa shape index (κ1) is 15.3. The lowest BCUT2D eigenvalue weighted by atomic mass is 9.95. The van der Waals surface area contributed by atoms with E-state index in [1.165, 1.54) is 0 Å². The Kier molecular flexibility index (Phi) is 4.71. The summed E-state index contributed by atoms with van der Waals surface area (Å²) in [6, 6.07) is 7.82. The molecule has 0 spiro atoms. The number of aliphatic hydroxyl groups excluding tert-OH is 1. The summed E-state index contributed by atoms with van der Waals surface area (Å²) in [6.07, 6.45) is 1.68. The summed E-state index contributed by atoms with van der Waals surface area (Å²) in [6.45, 7) is 4.41. The van der Waals surface area contributed by atoms with E-state index in [-0.39, 0.29) is 23.7 Å². The Bertz CT molecular complexity index is 483. The number of aliphatic hydroxyl groups is 1. The van der Waals surface area contributed by atoms with E-state index in [0.29, 0.717) is 6.54 Å². The Morgan fingerprint density at radius 3 is 2.60 bits per heavy atom. The van der Waals surface area contributed by atoms with Gasteiger partial charge in [0.2, 0.25) is 5.91 Å². The normalized spacial score (nSPS) is 17.9. The summed E-state index contributed by atoms with van der Waals surface area (Å²) < 4.78 is 0. The number of hydrogen-bond donors (Lipinski definition) is 2.